The first-order chi connectivity index (χ1) is 23.5. The van der Waals surface area contributed by atoms with Gasteiger partial charge >= 0.3 is 0 Å². The van der Waals surface area contributed by atoms with Crippen molar-refractivity contribution in [2.24, 2.45) is 0 Å². The monoisotopic (exact) mass is 675 g/mol. The van der Waals surface area contributed by atoms with E-state index in [0.717, 1.165) is 20.0 Å². The molecule has 11 nitrogen and oxygen atoms in total. The van der Waals surface area contributed by atoms with Crippen LogP contribution in [-0.2, 0) is 17.8 Å². The summed E-state index contributed by atoms with van der Waals surface area (Å²) < 4.78 is 37.5. The third-order valence-corrected chi connectivity index (χ3v) is 11.1. The lowest BCUT2D eigenvalue weighted by atomic mass is 9.72. The number of piperazine rings is 1. The van der Waals surface area contributed by atoms with Crippen LogP contribution in [0.25, 0.3) is 32.9 Å². The maximum atomic E-state index is 16.9. The van der Waals surface area contributed by atoms with Crippen LogP contribution in [0.1, 0.15) is 56.8 Å². The van der Waals surface area contributed by atoms with E-state index in [1.165, 1.54) is 24.4 Å². The molecule has 3 atom stereocenters. The number of aliphatic hydroxyl groups excluding tert-OH is 1. The van der Waals surface area contributed by atoms with Crippen molar-refractivity contribution in [3.63, 3.8) is 0 Å². The highest BCUT2D eigenvalue weighted by molar-refractivity contribution is 6.14. The molecule has 0 spiro atoms. The summed E-state index contributed by atoms with van der Waals surface area (Å²) >= 11 is 0. The summed E-state index contributed by atoms with van der Waals surface area (Å²) in [5.74, 6) is -0.659. The smallest absolute Gasteiger partial charge is 0.175 e. The number of aryl methyl sites for hydroxylation is 1. The van der Waals surface area contributed by atoms with E-state index in [4.69, 9.17) is 22.7 Å². The van der Waals surface area contributed by atoms with E-state index in [1.54, 1.807) is 6.07 Å². The minimum absolute atomic E-state index is 0.0110. The molecule has 4 aliphatic rings. The number of hydroxylamine groups is 3. The van der Waals surface area contributed by atoms with Gasteiger partial charge in [-0.05, 0) is 53.8 Å². The van der Waals surface area contributed by atoms with E-state index in [0.29, 0.717) is 85.8 Å². The van der Waals surface area contributed by atoms with Gasteiger partial charge in [-0.1, -0.05) is 13.0 Å². The van der Waals surface area contributed by atoms with Gasteiger partial charge in [0, 0.05) is 69.7 Å². The van der Waals surface area contributed by atoms with Crippen molar-refractivity contribution in [2.75, 3.05) is 38.2 Å². The van der Waals surface area contributed by atoms with E-state index in [-0.39, 0.29) is 51.7 Å². The largest absolute Gasteiger partial charge is 0.508 e. The SMILES string of the molecule is CO.[B]C(O)(OCc1nc(N2CC3CCC(C2)N3)c2cnc(-c3cc(O)cc4ccc(F)c(CC)c34)c(F)c2n1)C12CCC[N+]1(O)CCC2. The van der Waals surface area contributed by atoms with Crippen LogP contribution in [0.15, 0.2) is 30.5 Å². The number of fused-ring (bicyclic) bond motifs is 5. The lowest BCUT2D eigenvalue weighted by Gasteiger charge is -2.45. The fourth-order valence-corrected chi connectivity index (χ4v) is 8.89. The van der Waals surface area contributed by atoms with Crippen molar-refractivity contribution in [3.8, 4) is 17.0 Å². The third-order valence-electron chi connectivity index (χ3n) is 11.1. The molecule has 2 aromatic carbocycles. The van der Waals surface area contributed by atoms with Gasteiger partial charge in [-0.2, -0.15) is 4.65 Å². The molecule has 3 unspecified atom stereocenters. The predicted octanol–water partition coefficient (Wildman–Crippen LogP) is 3.80. The molecule has 258 valence electrons. The van der Waals surface area contributed by atoms with Crippen molar-refractivity contribution in [1.82, 2.24) is 20.3 Å². The van der Waals surface area contributed by atoms with Crippen LogP contribution in [0.4, 0.5) is 14.6 Å². The van der Waals surface area contributed by atoms with Gasteiger partial charge in [0.15, 0.2) is 30.7 Å². The fourth-order valence-electron chi connectivity index (χ4n) is 8.89. The molecular weight excluding hydrogens is 633 g/mol. The number of nitrogens with zero attached hydrogens (tertiary/aromatic N) is 5. The van der Waals surface area contributed by atoms with Gasteiger partial charge in [0.1, 0.15) is 48.3 Å². The van der Waals surface area contributed by atoms with Crippen LogP contribution in [0.3, 0.4) is 0 Å². The fraction of sp³-hybridized carbons (Fsp3) is 0.514. The van der Waals surface area contributed by atoms with Crippen molar-refractivity contribution in [1.29, 1.82) is 0 Å². The number of phenolic OH excluding ortho intramolecular Hbond substituents is 1. The molecule has 14 heteroatoms. The Bertz CT molecular complexity index is 1890. The molecule has 2 aromatic heterocycles. The number of hydrogen-bond acceptors (Lipinski definition) is 10. The zero-order valence-electron chi connectivity index (χ0n) is 27.8. The van der Waals surface area contributed by atoms with Crippen molar-refractivity contribution < 1.29 is 38.7 Å². The number of aromatic nitrogens is 3. The van der Waals surface area contributed by atoms with Crippen LogP contribution >= 0.6 is 0 Å². The third kappa shape index (κ3) is 5.44. The molecular formula is C35H42BF2N6O5+. The number of phenols is 1. The van der Waals surface area contributed by atoms with Crippen molar-refractivity contribution >= 4 is 35.3 Å². The van der Waals surface area contributed by atoms with Crippen LogP contribution in [0, 0.1) is 11.6 Å². The topological polar surface area (TPSA) is 144 Å². The normalized spacial score (nSPS) is 27.3. The van der Waals surface area contributed by atoms with Crippen LogP contribution in [0.2, 0.25) is 0 Å². The molecule has 0 saturated carbocycles. The summed E-state index contributed by atoms with van der Waals surface area (Å²) in [5.41, 5.74) is -2.69. The molecule has 2 radical (unpaired) electrons. The highest BCUT2D eigenvalue weighted by atomic mass is 19.1. The summed E-state index contributed by atoms with van der Waals surface area (Å²) in [7, 11) is 7.45. The average Bonchev–Trinajstić information content (AvgIpc) is 3.73. The van der Waals surface area contributed by atoms with E-state index < -0.39 is 22.9 Å². The average molecular weight is 676 g/mol. The number of ether oxygens (including phenoxy) is 1. The molecule has 49 heavy (non-hydrogen) atoms. The summed E-state index contributed by atoms with van der Waals surface area (Å²) in [6.45, 7) is 3.79. The highest BCUT2D eigenvalue weighted by Crippen LogP contribution is 2.50. The quantitative estimate of drug-likeness (QED) is 0.112. The van der Waals surface area contributed by atoms with Crippen molar-refractivity contribution in [3.05, 3.63) is 53.5 Å². The molecule has 5 N–H and O–H groups in total. The Morgan fingerprint density at radius 1 is 1.10 bits per heavy atom. The summed E-state index contributed by atoms with van der Waals surface area (Å²) in [6, 6.07) is 6.36. The standard InChI is InChI=1S/C34H37BF2N6O4.CH4O/c1-2-23-26(36)8-5-19-13-22(44)14-24(28(19)23)30-29(37)31-25(15-38-30)32(42-16-20-6-7-21(17-42)39-20)41-27(40-31)18-47-34(35,45)33-9-3-11-43(33,46)12-4-10-33;1-2/h5,8,13-15,20-21,39,45-46H,2-4,6-7,9-12,16-18H2,1H3;2H,1H3/p+1. The molecule has 0 aliphatic carbocycles. The summed E-state index contributed by atoms with van der Waals surface area (Å²) in [5, 5.41) is 45.5. The number of rotatable bonds is 7. The highest BCUT2D eigenvalue weighted by Gasteiger charge is 2.68. The lowest BCUT2D eigenvalue weighted by molar-refractivity contribution is -1.13. The Kier molecular flexibility index (Phi) is 8.77. The molecule has 4 saturated heterocycles. The summed E-state index contributed by atoms with van der Waals surface area (Å²) in [6.07, 6.45) is 6.36. The molecule has 8 rings (SSSR count). The second-order valence-electron chi connectivity index (χ2n) is 13.8. The van der Waals surface area contributed by atoms with E-state index in [2.05, 4.69) is 20.2 Å². The Morgan fingerprint density at radius 3 is 2.47 bits per heavy atom. The van der Waals surface area contributed by atoms with Gasteiger partial charge in [-0.15, -0.1) is 0 Å². The van der Waals surface area contributed by atoms with Crippen LogP contribution in [-0.4, -0.2) is 105 Å². The van der Waals surface area contributed by atoms with Crippen LogP contribution in [0.5, 0.6) is 5.75 Å². The molecule has 0 amide bonds. The van der Waals surface area contributed by atoms with Gasteiger partial charge in [0.2, 0.25) is 0 Å². The second-order valence-corrected chi connectivity index (χ2v) is 13.8. The van der Waals surface area contributed by atoms with E-state index in [9.17, 15) is 19.8 Å². The number of aliphatic hydroxyl groups is 2. The Morgan fingerprint density at radius 2 is 1.80 bits per heavy atom. The maximum Gasteiger partial charge on any atom is 0.175 e. The van der Waals surface area contributed by atoms with Gasteiger partial charge in [0.05, 0.1) is 5.39 Å². The lowest BCUT2D eigenvalue weighted by Crippen LogP contribution is -2.68. The first-order valence-corrected chi connectivity index (χ1v) is 17.0. The van der Waals surface area contributed by atoms with Gasteiger partial charge < -0.3 is 30.3 Å². The number of quaternary nitrogens is 1. The molecule has 4 aliphatic heterocycles. The Balaban J connectivity index is 0.00000186. The minimum Gasteiger partial charge on any atom is -0.508 e. The number of hydrogen-bond donors (Lipinski definition) is 5. The number of nitrogens with one attached hydrogen (secondary N) is 1. The first kappa shape index (κ1) is 33.9. The van der Waals surface area contributed by atoms with E-state index in [1.807, 2.05) is 6.92 Å². The van der Waals surface area contributed by atoms with Gasteiger partial charge in [0.25, 0.3) is 0 Å². The summed E-state index contributed by atoms with van der Waals surface area (Å²) in [4.78, 5) is 16.1. The Hall–Kier alpha value is -3.53. The van der Waals surface area contributed by atoms with Gasteiger partial charge in [-0.3, -0.25) is 4.98 Å². The minimum atomic E-state index is -2.18. The van der Waals surface area contributed by atoms with Crippen LogP contribution < -0.4 is 10.2 Å². The molecule has 4 aromatic rings. The second kappa shape index (κ2) is 12.7. The van der Waals surface area contributed by atoms with Crippen molar-refractivity contribution in [2.45, 2.75) is 81.8 Å². The zero-order valence-corrected chi connectivity index (χ0v) is 27.8. The number of pyridine rings is 1. The van der Waals surface area contributed by atoms with E-state index >= 15 is 4.39 Å². The zero-order chi connectivity index (χ0) is 34.7. The maximum absolute atomic E-state index is 16.9. The molecule has 2 bridgehead atoms. The first-order valence-electron chi connectivity index (χ1n) is 17.0. The molecule has 4 fully saturated rings. The number of anilines is 1. The number of aromatic hydroxyl groups is 1. The molecule has 6 heterocycles. The van der Waals surface area contributed by atoms with Gasteiger partial charge in [-0.25, -0.2) is 24.0 Å². The number of halogens is 2. The number of benzene rings is 2. The predicted molar refractivity (Wildman–Crippen MR) is 180 cm³/mol. The Labute approximate surface area is 284 Å².